The Balaban J connectivity index is 1.87. The third kappa shape index (κ3) is 4.55. The van der Waals surface area contributed by atoms with Crippen LogP contribution in [0, 0.1) is 0 Å². The van der Waals surface area contributed by atoms with Gasteiger partial charge in [0.15, 0.2) is 5.82 Å². The van der Waals surface area contributed by atoms with E-state index in [1.54, 1.807) is 6.07 Å². The molecule has 3 aromatic rings. The number of benzene rings is 2. The van der Waals surface area contributed by atoms with Crippen LogP contribution in [0.3, 0.4) is 0 Å². The molecule has 7 heteroatoms. The number of primary amides is 1. The van der Waals surface area contributed by atoms with Gasteiger partial charge in [0, 0.05) is 22.7 Å². The van der Waals surface area contributed by atoms with E-state index in [-0.39, 0.29) is 12.3 Å². The van der Waals surface area contributed by atoms with E-state index in [0.717, 1.165) is 16.8 Å². The molecule has 26 heavy (non-hydrogen) atoms. The van der Waals surface area contributed by atoms with E-state index >= 15 is 0 Å². The quantitative estimate of drug-likeness (QED) is 0.695. The summed E-state index contributed by atoms with van der Waals surface area (Å²) in [4.78, 5) is 24.4. The lowest BCUT2D eigenvalue weighted by Gasteiger charge is -2.09. The van der Waals surface area contributed by atoms with Crippen LogP contribution in [0.4, 0.5) is 11.6 Å². The molecule has 0 fully saturated rings. The molecule has 0 radical (unpaired) electrons. The van der Waals surface area contributed by atoms with Gasteiger partial charge in [-0.15, -0.1) is 0 Å². The molecule has 3 rings (SSSR count). The highest BCUT2D eigenvalue weighted by atomic mass is 35.5. The molecule has 0 aliphatic carbocycles. The van der Waals surface area contributed by atoms with Crippen LogP contribution < -0.4 is 11.1 Å². The van der Waals surface area contributed by atoms with Crippen molar-refractivity contribution in [1.82, 2.24) is 15.0 Å². The highest BCUT2D eigenvalue weighted by Gasteiger charge is 2.09. The Morgan fingerprint density at radius 2 is 1.88 bits per heavy atom. The number of nitrogens with one attached hydrogen (secondary N) is 1. The van der Waals surface area contributed by atoms with E-state index in [1.807, 2.05) is 49.4 Å². The number of hydrogen-bond donors (Lipinski definition) is 2. The summed E-state index contributed by atoms with van der Waals surface area (Å²) >= 11 is 6.07. The van der Waals surface area contributed by atoms with Crippen LogP contribution in [0.15, 0.2) is 48.5 Å². The van der Waals surface area contributed by atoms with Crippen LogP contribution in [0.25, 0.3) is 11.4 Å². The third-order valence-electron chi connectivity index (χ3n) is 3.67. The molecule has 0 saturated carbocycles. The summed E-state index contributed by atoms with van der Waals surface area (Å²) in [5.74, 6) is 1.34. The summed E-state index contributed by atoms with van der Waals surface area (Å²) in [5, 5.41) is 3.80. The van der Waals surface area contributed by atoms with Gasteiger partial charge in [-0.2, -0.15) is 9.97 Å². The summed E-state index contributed by atoms with van der Waals surface area (Å²) in [6.45, 7) is 1.99. The van der Waals surface area contributed by atoms with Gasteiger partial charge in [0.1, 0.15) is 5.82 Å². The number of aryl methyl sites for hydroxylation is 1. The Labute approximate surface area is 156 Å². The molecule has 0 aliphatic rings. The topological polar surface area (TPSA) is 93.8 Å². The number of rotatable bonds is 6. The maximum atomic E-state index is 11.0. The van der Waals surface area contributed by atoms with Crippen LogP contribution in [-0.2, 0) is 17.6 Å². The van der Waals surface area contributed by atoms with Crippen molar-refractivity contribution in [3.05, 3.63) is 64.9 Å². The standard InChI is InChI=1S/C19H18ClN5O/c1-2-17-23-18(13-4-3-5-14(20)11-13)25-19(24-17)22-15-8-6-12(7-9-15)10-16(21)26/h3-9,11H,2,10H2,1H3,(H2,21,26)(H,22,23,24,25). The SMILES string of the molecule is CCc1nc(Nc2ccc(CC(N)=O)cc2)nc(-c2cccc(Cl)c2)n1. The van der Waals surface area contributed by atoms with Crippen molar-refractivity contribution >= 4 is 29.1 Å². The van der Waals surface area contributed by atoms with E-state index in [1.165, 1.54) is 0 Å². The molecular weight excluding hydrogens is 350 g/mol. The molecule has 132 valence electrons. The number of carbonyl (C=O) groups is 1. The molecule has 0 aliphatic heterocycles. The third-order valence-corrected chi connectivity index (χ3v) is 3.90. The first-order valence-electron chi connectivity index (χ1n) is 8.18. The largest absolute Gasteiger partial charge is 0.369 e. The Kier molecular flexibility index (Phi) is 5.43. The van der Waals surface area contributed by atoms with Gasteiger partial charge in [0.05, 0.1) is 6.42 Å². The molecule has 2 aromatic carbocycles. The van der Waals surface area contributed by atoms with Gasteiger partial charge in [-0.25, -0.2) is 4.98 Å². The number of carbonyl (C=O) groups excluding carboxylic acids is 1. The molecule has 0 bridgehead atoms. The Bertz CT molecular complexity index is 927. The van der Waals surface area contributed by atoms with E-state index in [9.17, 15) is 4.79 Å². The summed E-state index contributed by atoms with van der Waals surface area (Å²) in [6.07, 6.45) is 0.896. The van der Waals surface area contributed by atoms with Crippen LogP contribution in [0.2, 0.25) is 5.02 Å². The summed E-state index contributed by atoms with van der Waals surface area (Å²) in [7, 11) is 0. The Morgan fingerprint density at radius 3 is 2.54 bits per heavy atom. The number of hydrogen-bond acceptors (Lipinski definition) is 5. The predicted octanol–water partition coefficient (Wildman–Crippen LogP) is 3.53. The molecule has 0 atom stereocenters. The lowest BCUT2D eigenvalue weighted by molar-refractivity contribution is -0.117. The summed E-state index contributed by atoms with van der Waals surface area (Å²) in [5.41, 5.74) is 7.70. The van der Waals surface area contributed by atoms with Gasteiger partial charge in [0.25, 0.3) is 0 Å². The van der Waals surface area contributed by atoms with E-state index in [4.69, 9.17) is 17.3 Å². The minimum Gasteiger partial charge on any atom is -0.369 e. The van der Waals surface area contributed by atoms with Crippen LogP contribution in [0.1, 0.15) is 18.3 Å². The molecule has 0 unspecified atom stereocenters. The highest BCUT2D eigenvalue weighted by Crippen LogP contribution is 2.22. The van der Waals surface area contributed by atoms with Gasteiger partial charge in [-0.05, 0) is 29.8 Å². The molecule has 1 aromatic heterocycles. The smallest absolute Gasteiger partial charge is 0.231 e. The van der Waals surface area contributed by atoms with Crippen LogP contribution in [-0.4, -0.2) is 20.9 Å². The van der Waals surface area contributed by atoms with Crippen molar-refractivity contribution in [1.29, 1.82) is 0 Å². The number of nitrogens with zero attached hydrogens (tertiary/aromatic N) is 3. The second-order valence-electron chi connectivity index (χ2n) is 5.73. The van der Waals surface area contributed by atoms with Crippen LogP contribution in [0.5, 0.6) is 0 Å². The van der Waals surface area contributed by atoms with E-state index < -0.39 is 0 Å². The number of aromatic nitrogens is 3. The molecule has 3 N–H and O–H groups in total. The minimum atomic E-state index is -0.359. The lowest BCUT2D eigenvalue weighted by atomic mass is 10.1. The lowest BCUT2D eigenvalue weighted by Crippen LogP contribution is -2.13. The molecule has 0 spiro atoms. The fourth-order valence-corrected chi connectivity index (χ4v) is 2.62. The average Bonchev–Trinajstić information content (AvgIpc) is 2.62. The molecule has 6 nitrogen and oxygen atoms in total. The maximum absolute atomic E-state index is 11.0. The summed E-state index contributed by atoms with van der Waals surface area (Å²) in [6, 6.07) is 14.8. The Hall–Kier alpha value is -2.99. The van der Waals surface area contributed by atoms with Crippen molar-refractivity contribution < 1.29 is 4.79 Å². The normalized spacial score (nSPS) is 10.5. The number of anilines is 2. The predicted molar refractivity (Wildman–Crippen MR) is 102 cm³/mol. The first-order chi connectivity index (χ1) is 12.5. The van der Waals surface area contributed by atoms with Gasteiger partial charge >= 0.3 is 0 Å². The van der Waals surface area contributed by atoms with Gasteiger partial charge in [-0.1, -0.05) is 42.8 Å². The number of amides is 1. The molecule has 1 amide bonds. The number of halogens is 1. The first-order valence-corrected chi connectivity index (χ1v) is 8.56. The van der Waals surface area contributed by atoms with Crippen molar-refractivity contribution in [2.75, 3.05) is 5.32 Å². The highest BCUT2D eigenvalue weighted by molar-refractivity contribution is 6.30. The minimum absolute atomic E-state index is 0.213. The fourth-order valence-electron chi connectivity index (χ4n) is 2.43. The van der Waals surface area contributed by atoms with Crippen molar-refractivity contribution in [3.63, 3.8) is 0 Å². The zero-order valence-corrected chi connectivity index (χ0v) is 15.0. The molecule has 0 saturated heterocycles. The summed E-state index contributed by atoms with van der Waals surface area (Å²) < 4.78 is 0. The second kappa shape index (κ2) is 7.93. The van der Waals surface area contributed by atoms with Crippen molar-refractivity contribution in [2.45, 2.75) is 19.8 Å². The van der Waals surface area contributed by atoms with Gasteiger partial charge < -0.3 is 11.1 Å². The molecular formula is C19H18ClN5O. The molecule has 1 heterocycles. The first kappa shape index (κ1) is 17.8. The Morgan fingerprint density at radius 1 is 1.12 bits per heavy atom. The van der Waals surface area contributed by atoms with Crippen LogP contribution >= 0.6 is 11.6 Å². The van der Waals surface area contributed by atoms with E-state index in [0.29, 0.717) is 29.0 Å². The maximum Gasteiger partial charge on any atom is 0.231 e. The number of nitrogens with two attached hydrogens (primary N) is 1. The zero-order chi connectivity index (χ0) is 18.5. The van der Waals surface area contributed by atoms with Crippen molar-refractivity contribution in [2.24, 2.45) is 5.73 Å². The monoisotopic (exact) mass is 367 g/mol. The second-order valence-corrected chi connectivity index (χ2v) is 6.16. The van der Waals surface area contributed by atoms with Gasteiger partial charge in [-0.3, -0.25) is 4.79 Å². The van der Waals surface area contributed by atoms with Crippen molar-refractivity contribution in [3.8, 4) is 11.4 Å². The average molecular weight is 368 g/mol. The van der Waals surface area contributed by atoms with Gasteiger partial charge in [0.2, 0.25) is 11.9 Å². The fraction of sp³-hybridized carbons (Fsp3) is 0.158. The zero-order valence-electron chi connectivity index (χ0n) is 14.2. The van der Waals surface area contributed by atoms with E-state index in [2.05, 4.69) is 20.3 Å².